The lowest BCUT2D eigenvalue weighted by atomic mass is 10.1. The van der Waals surface area contributed by atoms with Crippen LogP contribution in [-0.4, -0.2) is 28.6 Å². The van der Waals surface area contributed by atoms with Gasteiger partial charge in [0.15, 0.2) is 0 Å². The molecule has 3 rings (SSSR count). The molecular formula is C15H13N3O3. The SMILES string of the molecule is COc1ccc(-c2ccc3ncc(OC)c(=O)n3c2)cn1. The van der Waals surface area contributed by atoms with Crippen molar-refractivity contribution in [2.45, 2.75) is 0 Å². The van der Waals surface area contributed by atoms with Crippen LogP contribution in [0.3, 0.4) is 0 Å². The third-order valence-electron chi connectivity index (χ3n) is 3.17. The summed E-state index contributed by atoms with van der Waals surface area (Å²) in [7, 11) is 3.01. The minimum absolute atomic E-state index is 0.206. The quantitative estimate of drug-likeness (QED) is 0.733. The van der Waals surface area contributed by atoms with Gasteiger partial charge in [-0.25, -0.2) is 9.97 Å². The fourth-order valence-electron chi connectivity index (χ4n) is 2.04. The monoisotopic (exact) mass is 283 g/mol. The summed E-state index contributed by atoms with van der Waals surface area (Å²) in [6.07, 6.45) is 4.83. The molecule has 0 spiro atoms. The highest BCUT2D eigenvalue weighted by Gasteiger charge is 2.06. The third-order valence-corrected chi connectivity index (χ3v) is 3.17. The molecule has 0 aromatic carbocycles. The molecule has 0 aliphatic rings. The molecule has 0 unspecified atom stereocenters. The third kappa shape index (κ3) is 2.31. The van der Waals surface area contributed by atoms with Gasteiger partial charge in [-0.05, 0) is 18.2 Å². The van der Waals surface area contributed by atoms with E-state index in [9.17, 15) is 4.79 Å². The molecule has 0 aliphatic heterocycles. The molecule has 0 atom stereocenters. The summed E-state index contributed by atoms with van der Waals surface area (Å²) >= 11 is 0. The number of ether oxygens (including phenoxy) is 2. The Morgan fingerprint density at radius 2 is 1.76 bits per heavy atom. The van der Waals surface area contributed by atoms with E-state index in [0.717, 1.165) is 11.1 Å². The molecule has 0 amide bonds. The maximum atomic E-state index is 12.2. The van der Waals surface area contributed by atoms with Crippen LogP contribution in [0.1, 0.15) is 0 Å². The molecule has 0 radical (unpaired) electrons. The normalized spacial score (nSPS) is 10.6. The molecule has 0 fully saturated rings. The van der Waals surface area contributed by atoms with E-state index in [1.54, 1.807) is 31.6 Å². The van der Waals surface area contributed by atoms with Crippen LogP contribution in [0.25, 0.3) is 16.8 Å². The summed E-state index contributed by atoms with van der Waals surface area (Å²) in [6.45, 7) is 0. The predicted molar refractivity (Wildman–Crippen MR) is 77.8 cm³/mol. The van der Waals surface area contributed by atoms with E-state index >= 15 is 0 Å². The maximum Gasteiger partial charge on any atom is 0.300 e. The van der Waals surface area contributed by atoms with Gasteiger partial charge in [0, 0.05) is 29.6 Å². The van der Waals surface area contributed by atoms with Crippen molar-refractivity contribution < 1.29 is 9.47 Å². The van der Waals surface area contributed by atoms with Crippen molar-refractivity contribution in [2.24, 2.45) is 0 Å². The van der Waals surface area contributed by atoms with E-state index in [2.05, 4.69) is 9.97 Å². The molecule has 0 aliphatic carbocycles. The number of nitrogens with zero attached hydrogens (tertiary/aromatic N) is 3. The molecule has 106 valence electrons. The van der Waals surface area contributed by atoms with E-state index in [4.69, 9.17) is 9.47 Å². The summed E-state index contributed by atoms with van der Waals surface area (Å²) in [5.74, 6) is 0.748. The predicted octanol–water partition coefficient (Wildman–Crippen LogP) is 1.77. The maximum absolute atomic E-state index is 12.2. The van der Waals surface area contributed by atoms with Crippen molar-refractivity contribution in [2.75, 3.05) is 14.2 Å². The Bertz CT molecular complexity index is 841. The lowest BCUT2D eigenvalue weighted by molar-refractivity contribution is 0.398. The van der Waals surface area contributed by atoms with Crippen molar-refractivity contribution in [3.8, 4) is 22.8 Å². The average Bonchev–Trinajstić information content (AvgIpc) is 2.55. The Labute approximate surface area is 120 Å². The number of pyridine rings is 2. The first kappa shape index (κ1) is 13.1. The summed E-state index contributed by atoms with van der Waals surface area (Å²) in [5.41, 5.74) is 2.05. The first-order valence-electron chi connectivity index (χ1n) is 6.29. The number of hydrogen-bond donors (Lipinski definition) is 0. The van der Waals surface area contributed by atoms with Crippen molar-refractivity contribution in [3.05, 3.63) is 53.2 Å². The summed E-state index contributed by atoms with van der Waals surface area (Å²) < 4.78 is 11.5. The highest BCUT2D eigenvalue weighted by molar-refractivity contribution is 5.64. The fourth-order valence-corrected chi connectivity index (χ4v) is 2.04. The summed E-state index contributed by atoms with van der Waals surface area (Å²) in [4.78, 5) is 20.5. The molecule has 6 nitrogen and oxygen atoms in total. The van der Waals surface area contributed by atoms with Gasteiger partial charge < -0.3 is 9.47 Å². The van der Waals surface area contributed by atoms with Gasteiger partial charge in [-0.15, -0.1) is 0 Å². The smallest absolute Gasteiger partial charge is 0.300 e. The number of methoxy groups -OCH3 is 2. The molecule has 0 saturated carbocycles. The largest absolute Gasteiger partial charge is 0.490 e. The molecule has 3 aromatic rings. The van der Waals surface area contributed by atoms with Crippen LogP contribution in [0.5, 0.6) is 11.6 Å². The highest BCUT2D eigenvalue weighted by atomic mass is 16.5. The van der Waals surface area contributed by atoms with E-state index in [-0.39, 0.29) is 11.3 Å². The van der Waals surface area contributed by atoms with Gasteiger partial charge in [-0.1, -0.05) is 0 Å². The number of aromatic nitrogens is 3. The van der Waals surface area contributed by atoms with Gasteiger partial charge in [-0.3, -0.25) is 9.20 Å². The van der Waals surface area contributed by atoms with Crippen LogP contribution < -0.4 is 15.0 Å². The van der Waals surface area contributed by atoms with Crippen molar-refractivity contribution in [1.29, 1.82) is 0 Å². The minimum Gasteiger partial charge on any atom is -0.490 e. The molecule has 6 heteroatoms. The van der Waals surface area contributed by atoms with Crippen LogP contribution in [0.15, 0.2) is 47.7 Å². The second-order valence-corrected chi connectivity index (χ2v) is 4.37. The second-order valence-electron chi connectivity index (χ2n) is 4.37. The molecular weight excluding hydrogens is 270 g/mol. The zero-order chi connectivity index (χ0) is 14.8. The van der Waals surface area contributed by atoms with Gasteiger partial charge in [-0.2, -0.15) is 0 Å². The lowest BCUT2D eigenvalue weighted by Crippen LogP contribution is -2.16. The Balaban J connectivity index is 2.15. The number of rotatable bonds is 3. The first-order valence-corrected chi connectivity index (χ1v) is 6.29. The van der Waals surface area contributed by atoms with Gasteiger partial charge in [0.05, 0.1) is 20.4 Å². The van der Waals surface area contributed by atoms with Crippen molar-refractivity contribution in [3.63, 3.8) is 0 Å². The Hall–Kier alpha value is -2.89. The van der Waals surface area contributed by atoms with E-state index in [0.29, 0.717) is 11.5 Å². The highest BCUT2D eigenvalue weighted by Crippen LogP contribution is 2.20. The summed E-state index contributed by atoms with van der Waals surface area (Å²) in [5, 5.41) is 0. The average molecular weight is 283 g/mol. The molecule has 21 heavy (non-hydrogen) atoms. The van der Waals surface area contributed by atoms with Crippen LogP contribution >= 0.6 is 0 Å². The standard InChI is InChI=1S/C15H13N3O3/c1-20-12-8-16-13-5-3-11(9-18(13)15(12)19)10-4-6-14(21-2)17-7-10/h3-9H,1-2H3. The lowest BCUT2D eigenvalue weighted by Gasteiger charge is -2.07. The van der Waals surface area contributed by atoms with Gasteiger partial charge in [0.2, 0.25) is 11.6 Å². The molecule has 0 bridgehead atoms. The van der Waals surface area contributed by atoms with E-state index in [1.807, 2.05) is 12.1 Å². The Morgan fingerprint density at radius 1 is 0.952 bits per heavy atom. The zero-order valence-corrected chi connectivity index (χ0v) is 11.6. The van der Waals surface area contributed by atoms with Crippen molar-refractivity contribution in [1.82, 2.24) is 14.4 Å². The molecule has 3 aromatic heterocycles. The van der Waals surface area contributed by atoms with Crippen molar-refractivity contribution >= 4 is 5.65 Å². The second kappa shape index (κ2) is 5.24. The van der Waals surface area contributed by atoms with E-state index in [1.165, 1.54) is 17.7 Å². The number of fused-ring (bicyclic) bond motifs is 1. The van der Waals surface area contributed by atoms with E-state index < -0.39 is 0 Å². The van der Waals surface area contributed by atoms with Crippen LogP contribution in [0, 0.1) is 0 Å². The van der Waals surface area contributed by atoms with Crippen LogP contribution in [0.2, 0.25) is 0 Å². The first-order chi connectivity index (χ1) is 10.2. The van der Waals surface area contributed by atoms with Gasteiger partial charge in [0.1, 0.15) is 5.65 Å². The van der Waals surface area contributed by atoms with Gasteiger partial charge in [0.25, 0.3) is 5.56 Å². The number of hydrogen-bond acceptors (Lipinski definition) is 5. The molecule has 3 heterocycles. The molecule has 0 saturated heterocycles. The van der Waals surface area contributed by atoms with Crippen LogP contribution in [-0.2, 0) is 0 Å². The summed E-state index contributed by atoms with van der Waals surface area (Å²) in [6, 6.07) is 7.32. The zero-order valence-electron chi connectivity index (χ0n) is 11.6. The topological polar surface area (TPSA) is 65.7 Å². The molecule has 0 N–H and O–H groups in total. The minimum atomic E-state index is -0.245. The Kier molecular flexibility index (Phi) is 3.27. The fraction of sp³-hybridized carbons (Fsp3) is 0.133. The Morgan fingerprint density at radius 3 is 2.43 bits per heavy atom. The van der Waals surface area contributed by atoms with Gasteiger partial charge >= 0.3 is 0 Å². The van der Waals surface area contributed by atoms with Crippen LogP contribution in [0.4, 0.5) is 0 Å².